The highest BCUT2D eigenvalue weighted by molar-refractivity contribution is 7.11. The van der Waals surface area contributed by atoms with E-state index in [-0.39, 0.29) is 12.2 Å². The highest BCUT2D eigenvalue weighted by Crippen LogP contribution is 2.35. The lowest BCUT2D eigenvalue weighted by Crippen LogP contribution is -2.39. The van der Waals surface area contributed by atoms with Crippen LogP contribution in [0.5, 0.6) is 0 Å². The fourth-order valence-electron chi connectivity index (χ4n) is 3.90. The van der Waals surface area contributed by atoms with Crippen LogP contribution in [0.3, 0.4) is 0 Å². The Morgan fingerprint density at radius 2 is 1.88 bits per heavy atom. The molecule has 0 amide bonds. The number of benzene rings is 2. The molecule has 5 rings (SSSR count). The molecule has 8 heteroatoms. The minimum absolute atomic E-state index is 0.203. The van der Waals surface area contributed by atoms with Gasteiger partial charge in [0.05, 0.1) is 28.5 Å². The van der Waals surface area contributed by atoms with Crippen LogP contribution in [0.1, 0.15) is 29.0 Å². The molecule has 0 aliphatic carbocycles. The number of hydrogen-bond donors (Lipinski definition) is 0. The maximum atomic E-state index is 13.6. The number of hydrogen-bond acceptors (Lipinski definition) is 6. The number of aromatic nitrogens is 1. The minimum Gasteiger partial charge on any atom is -0.463 e. The molecule has 34 heavy (non-hydrogen) atoms. The van der Waals surface area contributed by atoms with Gasteiger partial charge in [-0.3, -0.25) is 9.36 Å². The molecule has 1 unspecified atom stereocenters. The summed E-state index contributed by atoms with van der Waals surface area (Å²) in [5.41, 5.74) is 2.15. The van der Waals surface area contributed by atoms with Gasteiger partial charge in [-0.05, 0) is 42.1 Å². The Bertz CT molecular complexity index is 1550. The lowest BCUT2D eigenvalue weighted by Gasteiger charge is -2.25. The van der Waals surface area contributed by atoms with Crippen LogP contribution in [0.2, 0.25) is 5.02 Å². The predicted molar refractivity (Wildman–Crippen MR) is 137 cm³/mol. The lowest BCUT2D eigenvalue weighted by molar-refractivity contribution is -0.138. The number of halogens is 1. The maximum Gasteiger partial charge on any atom is 0.338 e. The van der Waals surface area contributed by atoms with Crippen molar-refractivity contribution in [2.45, 2.75) is 13.0 Å². The standard InChI is InChI=1S/C26H19ClN2O3S2/c1-2-32-25(31)21-22(16-7-4-3-5-8-16)28-26-29(23(21)17-10-12-18(27)13-11-17)24(30)20(34-26)15-19-9-6-14-33-19/h3-15,23H,2H2,1H3. The normalized spacial score (nSPS) is 15.7. The Hall–Kier alpha value is -3.26. The predicted octanol–water partition coefficient (Wildman–Crippen LogP) is 4.65. The first-order valence-corrected chi connectivity index (χ1v) is 12.7. The fraction of sp³-hybridized carbons (Fsp3) is 0.115. The zero-order chi connectivity index (χ0) is 23.7. The Labute approximate surface area is 208 Å². The topological polar surface area (TPSA) is 60.7 Å². The van der Waals surface area contributed by atoms with Crippen molar-refractivity contribution in [3.63, 3.8) is 0 Å². The first kappa shape index (κ1) is 22.5. The van der Waals surface area contributed by atoms with E-state index in [1.54, 1.807) is 35.0 Å². The second-order valence-electron chi connectivity index (χ2n) is 7.50. The molecule has 0 saturated carbocycles. The third-order valence-corrected chi connectivity index (χ3v) is 7.43. The second kappa shape index (κ2) is 9.54. The van der Waals surface area contributed by atoms with Gasteiger partial charge in [-0.1, -0.05) is 71.5 Å². The van der Waals surface area contributed by atoms with Gasteiger partial charge in [0.15, 0.2) is 4.80 Å². The van der Waals surface area contributed by atoms with Crippen molar-refractivity contribution in [1.82, 2.24) is 4.57 Å². The van der Waals surface area contributed by atoms with E-state index in [4.69, 9.17) is 21.3 Å². The zero-order valence-electron chi connectivity index (χ0n) is 18.1. The van der Waals surface area contributed by atoms with E-state index < -0.39 is 12.0 Å². The summed E-state index contributed by atoms with van der Waals surface area (Å²) < 4.78 is 7.60. The SMILES string of the molecule is CCOC(=O)C1=C(c2ccccc2)N=c2sc(=Cc3cccs3)c(=O)n2C1c1ccc(Cl)cc1. The number of thiophene rings is 1. The van der Waals surface area contributed by atoms with Crippen molar-refractivity contribution in [3.8, 4) is 0 Å². The second-order valence-corrected chi connectivity index (χ2v) is 9.92. The quantitative estimate of drug-likeness (QED) is 0.370. The molecule has 0 spiro atoms. The number of nitrogens with zero attached hydrogens (tertiary/aromatic N) is 2. The Morgan fingerprint density at radius 3 is 2.56 bits per heavy atom. The summed E-state index contributed by atoms with van der Waals surface area (Å²) in [4.78, 5) is 33.3. The molecule has 170 valence electrons. The molecule has 1 atom stereocenters. The van der Waals surface area contributed by atoms with Crippen LogP contribution in [-0.4, -0.2) is 17.1 Å². The molecular weight excluding hydrogens is 488 g/mol. The molecular formula is C26H19ClN2O3S2. The van der Waals surface area contributed by atoms with Gasteiger partial charge >= 0.3 is 5.97 Å². The summed E-state index contributed by atoms with van der Waals surface area (Å²) in [5.74, 6) is -0.502. The summed E-state index contributed by atoms with van der Waals surface area (Å²) in [7, 11) is 0. The van der Waals surface area contributed by atoms with Crippen LogP contribution in [-0.2, 0) is 9.53 Å². The Balaban J connectivity index is 1.84. The van der Waals surface area contributed by atoms with Gasteiger partial charge in [0.1, 0.15) is 0 Å². The van der Waals surface area contributed by atoms with Crippen LogP contribution in [0.25, 0.3) is 11.8 Å². The van der Waals surface area contributed by atoms with Gasteiger partial charge < -0.3 is 4.74 Å². The van der Waals surface area contributed by atoms with Gasteiger partial charge in [0, 0.05) is 15.5 Å². The molecule has 0 fully saturated rings. The monoisotopic (exact) mass is 506 g/mol. The van der Waals surface area contributed by atoms with Crippen LogP contribution in [0.15, 0.2) is 87.5 Å². The Kier molecular flexibility index (Phi) is 6.32. The maximum absolute atomic E-state index is 13.6. The zero-order valence-corrected chi connectivity index (χ0v) is 20.5. The van der Waals surface area contributed by atoms with Crippen molar-refractivity contribution < 1.29 is 9.53 Å². The van der Waals surface area contributed by atoms with Crippen molar-refractivity contribution in [3.05, 3.63) is 118 Å². The van der Waals surface area contributed by atoms with Crippen molar-refractivity contribution in [1.29, 1.82) is 0 Å². The number of carbonyl (C=O) groups excluding carboxylic acids is 1. The van der Waals surface area contributed by atoms with Gasteiger partial charge in [-0.25, -0.2) is 9.79 Å². The van der Waals surface area contributed by atoms with E-state index in [2.05, 4.69) is 0 Å². The third kappa shape index (κ3) is 4.18. The van der Waals surface area contributed by atoms with Crippen LogP contribution in [0, 0.1) is 0 Å². The number of rotatable bonds is 5. The number of ether oxygens (including phenoxy) is 1. The van der Waals surface area contributed by atoms with Gasteiger partial charge in [0.2, 0.25) is 0 Å². The summed E-state index contributed by atoms with van der Waals surface area (Å²) in [5, 5.41) is 2.53. The first-order chi connectivity index (χ1) is 16.6. The smallest absolute Gasteiger partial charge is 0.338 e. The van der Waals surface area contributed by atoms with Crippen LogP contribution in [0.4, 0.5) is 0 Å². The average Bonchev–Trinajstić information content (AvgIpc) is 3.47. The lowest BCUT2D eigenvalue weighted by atomic mass is 9.93. The highest BCUT2D eigenvalue weighted by Gasteiger charge is 2.35. The molecule has 0 N–H and O–H groups in total. The van der Waals surface area contributed by atoms with Gasteiger partial charge in [-0.2, -0.15) is 0 Å². The molecule has 3 heterocycles. The summed E-state index contributed by atoms with van der Waals surface area (Å²) in [6.07, 6.45) is 1.86. The average molecular weight is 507 g/mol. The third-order valence-electron chi connectivity index (χ3n) is 5.38. The minimum atomic E-state index is -0.701. The van der Waals surface area contributed by atoms with Gasteiger partial charge in [-0.15, -0.1) is 11.3 Å². The van der Waals surface area contributed by atoms with E-state index in [9.17, 15) is 9.59 Å². The van der Waals surface area contributed by atoms with Crippen LogP contribution < -0.4 is 14.9 Å². The molecule has 0 bridgehead atoms. The molecule has 2 aromatic heterocycles. The van der Waals surface area contributed by atoms with E-state index in [1.165, 1.54) is 11.3 Å². The van der Waals surface area contributed by atoms with Crippen molar-refractivity contribution >= 4 is 52.0 Å². The van der Waals surface area contributed by atoms with Crippen molar-refractivity contribution in [2.24, 2.45) is 4.99 Å². The Morgan fingerprint density at radius 1 is 1.12 bits per heavy atom. The van der Waals surface area contributed by atoms with Gasteiger partial charge in [0.25, 0.3) is 5.56 Å². The number of fused-ring (bicyclic) bond motifs is 1. The molecule has 0 radical (unpaired) electrons. The highest BCUT2D eigenvalue weighted by atomic mass is 35.5. The van der Waals surface area contributed by atoms with E-state index in [0.29, 0.717) is 25.6 Å². The first-order valence-electron chi connectivity index (χ1n) is 10.6. The largest absolute Gasteiger partial charge is 0.463 e. The fourth-order valence-corrected chi connectivity index (χ4v) is 5.75. The van der Waals surface area contributed by atoms with E-state index in [1.807, 2.05) is 66.1 Å². The van der Waals surface area contributed by atoms with Crippen LogP contribution >= 0.6 is 34.3 Å². The summed E-state index contributed by atoms with van der Waals surface area (Å²) in [6.45, 7) is 1.97. The molecule has 1 aliphatic heterocycles. The number of carbonyl (C=O) groups is 1. The summed E-state index contributed by atoms with van der Waals surface area (Å²) >= 11 is 9.01. The number of thiazole rings is 1. The summed E-state index contributed by atoms with van der Waals surface area (Å²) in [6, 6.07) is 19.9. The van der Waals surface area contributed by atoms with Crippen molar-refractivity contribution in [2.75, 3.05) is 6.61 Å². The molecule has 5 nitrogen and oxygen atoms in total. The molecule has 2 aromatic carbocycles. The number of esters is 1. The molecule has 0 saturated heterocycles. The molecule has 1 aliphatic rings. The van der Waals surface area contributed by atoms with E-state index in [0.717, 1.165) is 16.0 Å². The molecule has 4 aromatic rings. The van der Waals surface area contributed by atoms with E-state index >= 15 is 0 Å².